The zero-order valence-corrected chi connectivity index (χ0v) is 16.8. The second-order valence-corrected chi connectivity index (χ2v) is 7.17. The standard InChI is InChI=1S/C20H17ClN2O4S/c1-12-3-5-13(6-4-12)16-11-28-20(22-16)23-18(24)10-27-19(25)15-9-14(21)7-8-17(15)26-2/h3-9,11H,10H2,1-2H3,(H,22,23,24). The largest absolute Gasteiger partial charge is 0.496 e. The predicted octanol–water partition coefficient (Wildman–Crippen LogP) is 4.58. The molecule has 0 aliphatic heterocycles. The molecule has 0 spiro atoms. The number of esters is 1. The maximum Gasteiger partial charge on any atom is 0.342 e. The fourth-order valence-electron chi connectivity index (χ4n) is 2.39. The van der Waals surface area contributed by atoms with Crippen LogP contribution in [0.5, 0.6) is 5.75 Å². The molecule has 28 heavy (non-hydrogen) atoms. The van der Waals surface area contributed by atoms with Gasteiger partial charge in [0.25, 0.3) is 5.91 Å². The van der Waals surface area contributed by atoms with Gasteiger partial charge in [-0.2, -0.15) is 0 Å². The van der Waals surface area contributed by atoms with Gasteiger partial charge >= 0.3 is 5.97 Å². The highest BCUT2D eigenvalue weighted by atomic mass is 35.5. The highest BCUT2D eigenvalue weighted by molar-refractivity contribution is 7.14. The number of rotatable bonds is 6. The third-order valence-corrected chi connectivity index (χ3v) is 4.81. The summed E-state index contributed by atoms with van der Waals surface area (Å²) in [6.45, 7) is 1.56. The van der Waals surface area contributed by atoms with Crippen molar-refractivity contribution in [1.29, 1.82) is 0 Å². The molecule has 1 amide bonds. The summed E-state index contributed by atoms with van der Waals surface area (Å²) in [5, 5.41) is 5.27. The lowest BCUT2D eigenvalue weighted by atomic mass is 10.1. The van der Waals surface area contributed by atoms with E-state index >= 15 is 0 Å². The van der Waals surface area contributed by atoms with Gasteiger partial charge in [0.15, 0.2) is 11.7 Å². The Morgan fingerprint density at radius 2 is 1.93 bits per heavy atom. The van der Waals surface area contributed by atoms with Crippen LogP contribution in [0.4, 0.5) is 5.13 Å². The third kappa shape index (κ3) is 4.88. The number of hydrogen-bond donors (Lipinski definition) is 1. The van der Waals surface area contributed by atoms with E-state index in [1.807, 2.05) is 36.6 Å². The normalized spacial score (nSPS) is 10.4. The molecule has 0 atom stereocenters. The Labute approximate surface area is 171 Å². The molecule has 3 aromatic rings. The summed E-state index contributed by atoms with van der Waals surface area (Å²) in [5.74, 6) is -0.870. The van der Waals surface area contributed by atoms with Crippen molar-refractivity contribution in [2.24, 2.45) is 0 Å². The smallest absolute Gasteiger partial charge is 0.342 e. The van der Waals surface area contributed by atoms with E-state index in [-0.39, 0.29) is 5.56 Å². The molecule has 0 saturated carbocycles. The fraction of sp³-hybridized carbons (Fsp3) is 0.150. The number of amides is 1. The van der Waals surface area contributed by atoms with Gasteiger partial charge in [-0.25, -0.2) is 9.78 Å². The monoisotopic (exact) mass is 416 g/mol. The van der Waals surface area contributed by atoms with Crippen LogP contribution >= 0.6 is 22.9 Å². The minimum atomic E-state index is -0.700. The van der Waals surface area contributed by atoms with Crippen LogP contribution in [0.2, 0.25) is 5.02 Å². The highest BCUT2D eigenvalue weighted by Gasteiger charge is 2.16. The van der Waals surface area contributed by atoms with Crippen molar-refractivity contribution in [3.05, 3.63) is 64.0 Å². The van der Waals surface area contributed by atoms with Crippen molar-refractivity contribution in [3.8, 4) is 17.0 Å². The average molecular weight is 417 g/mol. The molecule has 0 bridgehead atoms. The predicted molar refractivity (Wildman–Crippen MR) is 109 cm³/mol. The van der Waals surface area contributed by atoms with Crippen molar-refractivity contribution >= 4 is 39.9 Å². The van der Waals surface area contributed by atoms with Crippen molar-refractivity contribution in [1.82, 2.24) is 4.98 Å². The summed E-state index contributed by atoms with van der Waals surface area (Å²) in [4.78, 5) is 28.7. The average Bonchev–Trinajstić information content (AvgIpc) is 3.15. The lowest BCUT2D eigenvalue weighted by Crippen LogP contribution is -2.21. The van der Waals surface area contributed by atoms with Crippen LogP contribution in [0.1, 0.15) is 15.9 Å². The molecule has 2 aromatic carbocycles. The topological polar surface area (TPSA) is 77.5 Å². The lowest BCUT2D eigenvalue weighted by Gasteiger charge is -2.09. The molecule has 144 valence electrons. The Morgan fingerprint density at radius 1 is 1.18 bits per heavy atom. The zero-order chi connectivity index (χ0) is 20.1. The molecule has 0 saturated heterocycles. The number of carbonyl (C=O) groups excluding carboxylic acids is 2. The Bertz CT molecular complexity index is 1000. The molecule has 0 unspecified atom stereocenters. The van der Waals surface area contributed by atoms with E-state index < -0.39 is 18.5 Å². The van der Waals surface area contributed by atoms with Crippen LogP contribution < -0.4 is 10.1 Å². The lowest BCUT2D eigenvalue weighted by molar-refractivity contribution is -0.119. The maximum atomic E-state index is 12.2. The number of carbonyl (C=O) groups is 2. The van der Waals surface area contributed by atoms with E-state index in [1.165, 1.54) is 24.5 Å². The van der Waals surface area contributed by atoms with Crippen molar-refractivity contribution < 1.29 is 19.1 Å². The molecule has 0 fully saturated rings. The van der Waals surface area contributed by atoms with E-state index in [4.69, 9.17) is 21.1 Å². The fourth-order valence-corrected chi connectivity index (χ4v) is 3.30. The van der Waals surface area contributed by atoms with Crippen LogP contribution in [-0.4, -0.2) is 30.6 Å². The van der Waals surface area contributed by atoms with Gasteiger partial charge in [0.1, 0.15) is 11.3 Å². The number of aryl methyl sites for hydroxylation is 1. The van der Waals surface area contributed by atoms with Crippen LogP contribution in [0.3, 0.4) is 0 Å². The Morgan fingerprint density at radius 3 is 2.64 bits per heavy atom. The number of benzene rings is 2. The van der Waals surface area contributed by atoms with Gasteiger partial charge in [-0.1, -0.05) is 41.4 Å². The van der Waals surface area contributed by atoms with Gasteiger partial charge in [0.2, 0.25) is 0 Å². The number of thiazole rings is 1. The van der Waals surface area contributed by atoms with E-state index in [2.05, 4.69) is 10.3 Å². The summed E-state index contributed by atoms with van der Waals surface area (Å²) in [5.41, 5.74) is 3.03. The van der Waals surface area contributed by atoms with Gasteiger partial charge in [0, 0.05) is 16.0 Å². The number of methoxy groups -OCH3 is 1. The van der Waals surface area contributed by atoms with Crippen LogP contribution in [0.15, 0.2) is 47.8 Å². The Hall–Kier alpha value is -2.90. The quantitative estimate of drug-likeness (QED) is 0.595. The number of hydrogen-bond acceptors (Lipinski definition) is 6. The summed E-state index contributed by atoms with van der Waals surface area (Å²) in [6.07, 6.45) is 0. The molecule has 6 nitrogen and oxygen atoms in total. The molecular formula is C20H17ClN2O4S. The van der Waals surface area contributed by atoms with Crippen LogP contribution in [-0.2, 0) is 9.53 Å². The van der Waals surface area contributed by atoms with Crippen molar-refractivity contribution in [2.45, 2.75) is 6.92 Å². The van der Waals surface area contributed by atoms with Crippen molar-refractivity contribution in [3.63, 3.8) is 0 Å². The zero-order valence-electron chi connectivity index (χ0n) is 15.2. The van der Waals surface area contributed by atoms with Crippen molar-refractivity contribution in [2.75, 3.05) is 19.0 Å². The number of halogens is 1. The Balaban J connectivity index is 1.58. The number of ether oxygens (including phenoxy) is 2. The molecule has 0 radical (unpaired) electrons. The van der Waals surface area contributed by atoms with Gasteiger partial charge in [-0.15, -0.1) is 11.3 Å². The first-order valence-corrected chi connectivity index (χ1v) is 9.55. The summed E-state index contributed by atoms with van der Waals surface area (Å²) in [6, 6.07) is 12.5. The Kier molecular flexibility index (Phi) is 6.28. The van der Waals surface area contributed by atoms with Gasteiger partial charge in [-0.05, 0) is 25.1 Å². The highest BCUT2D eigenvalue weighted by Crippen LogP contribution is 2.25. The second kappa shape index (κ2) is 8.86. The number of nitrogens with one attached hydrogen (secondary N) is 1. The molecule has 1 N–H and O–H groups in total. The third-order valence-electron chi connectivity index (χ3n) is 3.81. The number of anilines is 1. The molecule has 1 aromatic heterocycles. The minimum Gasteiger partial charge on any atom is -0.496 e. The number of nitrogens with zero attached hydrogens (tertiary/aromatic N) is 1. The van der Waals surface area contributed by atoms with Gasteiger partial charge < -0.3 is 9.47 Å². The molecule has 0 aliphatic carbocycles. The molecule has 3 rings (SSSR count). The summed E-state index contributed by atoms with van der Waals surface area (Å²) in [7, 11) is 1.43. The van der Waals surface area contributed by atoms with E-state index in [0.29, 0.717) is 15.9 Å². The van der Waals surface area contributed by atoms with Crippen LogP contribution in [0, 0.1) is 6.92 Å². The second-order valence-electron chi connectivity index (χ2n) is 5.87. The van der Waals surface area contributed by atoms with Gasteiger partial charge in [-0.3, -0.25) is 10.1 Å². The minimum absolute atomic E-state index is 0.152. The first-order valence-electron chi connectivity index (χ1n) is 8.29. The molecule has 8 heteroatoms. The SMILES string of the molecule is COc1ccc(Cl)cc1C(=O)OCC(=O)Nc1nc(-c2ccc(C)cc2)cs1. The summed E-state index contributed by atoms with van der Waals surface area (Å²) >= 11 is 7.19. The van der Waals surface area contributed by atoms with Crippen LogP contribution in [0.25, 0.3) is 11.3 Å². The van der Waals surface area contributed by atoms with E-state index in [9.17, 15) is 9.59 Å². The number of aromatic nitrogens is 1. The molecule has 1 heterocycles. The maximum absolute atomic E-state index is 12.2. The van der Waals surface area contributed by atoms with Gasteiger partial charge in [0.05, 0.1) is 12.8 Å². The first-order chi connectivity index (χ1) is 13.5. The molecule has 0 aliphatic rings. The van der Waals surface area contributed by atoms with E-state index in [1.54, 1.807) is 12.1 Å². The first kappa shape index (κ1) is 19.9. The summed E-state index contributed by atoms with van der Waals surface area (Å²) < 4.78 is 10.2. The molecular weight excluding hydrogens is 400 g/mol. The van der Waals surface area contributed by atoms with E-state index in [0.717, 1.165) is 16.8 Å².